The number of carbonyl (C=O) groups excluding carboxylic acids is 1. The number of fused-ring (bicyclic) bond motifs is 1. The van der Waals surface area contributed by atoms with Crippen LogP contribution in [0.3, 0.4) is 0 Å². The van der Waals surface area contributed by atoms with Crippen molar-refractivity contribution in [3.8, 4) is 11.1 Å². The number of nitrogens with one attached hydrogen (secondary N) is 1. The van der Waals surface area contributed by atoms with E-state index in [2.05, 4.69) is 15.5 Å². The van der Waals surface area contributed by atoms with Crippen molar-refractivity contribution in [1.29, 1.82) is 0 Å². The average molecular weight is 435 g/mol. The molecule has 1 N–H and O–H groups in total. The summed E-state index contributed by atoms with van der Waals surface area (Å²) in [4.78, 5) is 20.8. The van der Waals surface area contributed by atoms with Crippen LogP contribution >= 0.6 is 0 Å². The van der Waals surface area contributed by atoms with Crippen LogP contribution in [-0.2, 0) is 0 Å². The quantitative estimate of drug-likeness (QED) is 0.512. The first-order chi connectivity index (χ1) is 15.6. The molecule has 162 valence electrons. The Morgan fingerprint density at radius 1 is 1.00 bits per heavy atom. The first-order valence-corrected chi connectivity index (χ1v) is 10.2. The zero-order valence-electron chi connectivity index (χ0n) is 17.0. The maximum atomic E-state index is 14.2. The number of halogens is 2. The molecule has 2 aromatic heterocycles. The highest BCUT2D eigenvalue weighted by atomic mass is 19.1. The number of aromatic nitrogens is 2. The van der Waals surface area contributed by atoms with Gasteiger partial charge in [0.2, 0.25) is 0 Å². The first kappa shape index (κ1) is 19.9. The molecule has 2 aromatic carbocycles. The van der Waals surface area contributed by atoms with Gasteiger partial charge in [-0.2, -0.15) is 0 Å². The predicted octanol–water partition coefficient (Wildman–Crippen LogP) is 4.52. The summed E-state index contributed by atoms with van der Waals surface area (Å²) in [5, 5.41) is 7.49. The SMILES string of the molecule is O=C(Nc1noc2ccccc12)N1CCN(c2cc(-c3ccc(F)cc3F)ccn2)CC1. The van der Waals surface area contributed by atoms with Crippen molar-refractivity contribution in [2.75, 3.05) is 36.4 Å². The molecule has 3 heterocycles. The summed E-state index contributed by atoms with van der Waals surface area (Å²) >= 11 is 0. The Morgan fingerprint density at radius 2 is 1.81 bits per heavy atom. The monoisotopic (exact) mass is 435 g/mol. The number of amides is 2. The molecule has 1 fully saturated rings. The maximum absolute atomic E-state index is 14.2. The fourth-order valence-corrected chi connectivity index (χ4v) is 3.78. The molecule has 0 atom stereocenters. The second-order valence-corrected chi connectivity index (χ2v) is 7.46. The van der Waals surface area contributed by atoms with Gasteiger partial charge >= 0.3 is 6.03 Å². The van der Waals surface area contributed by atoms with E-state index in [4.69, 9.17) is 4.52 Å². The summed E-state index contributed by atoms with van der Waals surface area (Å²) < 4.78 is 32.6. The minimum Gasteiger partial charge on any atom is -0.354 e. The minimum absolute atomic E-state index is 0.251. The molecule has 1 aliphatic rings. The molecule has 2 amide bonds. The molecule has 9 heteroatoms. The van der Waals surface area contributed by atoms with E-state index in [1.54, 1.807) is 29.3 Å². The Morgan fingerprint density at radius 3 is 2.62 bits per heavy atom. The third kappa shape index (κ3) is 3.84. The van der Waals surface area contributed by atoms with Gasteiger partial charge in [0.25, 0.3) is 0 Å². The molecular formula is C23H19F2N5O2. The van der Waals surface area contributed by atoms with Crippen LogP contribution in [0.4, 0.5) is 25.2 Å². The van der Waals surface area contributed by atoms with Crippen molar-refractivity contribution < 1.29 is 18.1 Å². The van der Waals surface area contributed by atoms with Crippen LogP contribution in [0.5, 0.6) is 0 Å². The van der Waals surface area contributed by atoms with Gasteiger partial charge in [-0.05, 0) is 42.0 Å². The third-order valence-electron chi connectivity index (χ3n) is 5.48. The van der Waals surface area contributed by atoms with Gasteiger partial charge < -0.3 is 14.3 Å². The summed E-state index contributed by atoms with van der Waals surface area (Å²) in [5.74, 6) is -0.171. The Labute approximate surface area is 182 Å². The zero-order chi connectivity index (χ0) is 22.1. The van der Waals surface area contributed by atoms with Gasteiger partial charge in [0.1, 0.15) is 17.5 Å². The van der Waals surface area contributed by atoms with Gasteiger partial charge in [0.05, 0.1) is 5.39 Å². The lowest BCUT2D eigenvalue weighted by atomic mass is 10.1. The second kappa shape index (κ2) is 8.26. The van der Waals surface area contributed by atoms with Crippen LogP contribution in [0.15, 0.2) is 65.3 Å². The van der Waals surface area contributed by atoms with Crippen molar-refractivity contribution in [2.45, 2.75) is 0 Å². The van der Waals surface area contributed by atoms with Crippen LogP contribution in [0.25, 0.3) is 22.1 Å². The predicted molar refractivity (Wildman–Crippen MR) is 116 cm³/mol. The first-order valence-electron chi connectivity index (χ1n) is 10.2. The molecule has 0 saturated carbocycles. The maximum Gasteiger partial charge on any atom is 0.323 e. The number of piperazine rings is 1. The molecule has 1 aliphatic heterocycles. The Hall–Kier alpha value is -4.01. The average Bonchev–Trinajstić information content (AvgIpc) is 3.22. The molecule has 0 bridgehead atoms. The number of carbonyl (C=O) groups is 1. The summed E-state index contributed by atoms with van der Waals surface area (Å²) in [6, 6.07) is 14.0. The van der Waals surface area contributed by atoms with Crippen molar-refractivity contribution in [1.82, 2.24) is 15.0 Å². The number of nitrogens with zero attached hydrogens (tertiary/aromatic N) is 4. The van der Waals surface area contributed by atoms with Crippen molar-refractivity contribution in [3.05, 3.63) is 72.4 Å². The van der Waals surface area contributed by atoms with Crippen molar-refractivity contribution >= 4 is 28.6 Å². The lowest BCUT2D eigenvalue weighted by molar-refractivity contribution is 0.208. The van der Waals surface area contributed by atoms with E-state index in [0.717, 1.165) is 11.5 Å². The fraction of sp³-hybridized carbons (Fsp3) is 0.174. The van der Waals surface area contributed by atoms with Gasteiger partial charge in [-0.25, -0.2) is 18.6 Å². The van der Waals surface area contributed by atoms with Crippen molar-refractivity contribution in [3.63, 3.8) is 0 Å². The molecule has 32 heavy (non-hydrogen) atoms. The Bertz CT molecular complexity index is 1280. The van der Waals surface area contributed by atoms with Crippen LogP contribution in [0, 0.1) is 11.6 Å². The van der Waals surface area contributed by atoms with E-state index in [1.807, 2.05) is 23.1 Å². The Kier molecular flexibility index (Phi) is 5.14. The number of para-hydroxylation sites is 1. The molecule has 4 aromatic rings. The molecule has 1 saturated heterocycles. The molecule has 7 nitrogen and oxygen atoms in total. The summed E-state index contributed by atoms with van der Waals surface area (Å²) in [6.07, 6.45) is 1.60. The number of urea groups is 1. The molecule has 0 radical (unpaired) electrons. The lowest BCUT2D eigenvalue weighted by Crippen LogP contribution is -2.50. The zero-order valence-corrected chi connectivity index (χ0v) is 17.0. The highest BCUT2D eigenvalue weighted by Gasteiger charge is 2.23. The minimum atomic E-state index is -0.621. The summed E-state index contributed by atoms with van der Waals surface area (Å²) in [6.45, 7) is 2.10. The number of rotatable bonds is 3. The highest BCUT2D eigenvalue weighted by Crippen LogP contribution is 2.27. The Balaban J connectivity index is 1.25. The van der Waals surface area contributed by atoms with E-state index < -0.39 is 11.6 Å². The number of pyridine rings is 1. The van der Waals surface area contributed by atoms with Gasteiger partial charge in [0, 0.05) is 44.0 Å². The second-order valence-electron chi connectivity index (χ2n) is 7.46. The molecular weight excluding hydrogens is 416 g/mol. The number of anilines is 2. The number of benzene rings is 2. The van der Waals surface area contributed by atoms with E-state index in [0.29, 0.717) is 54.5 Å². The van der Waals surface area contributed by atoms with Crippen LogP contribution in [-0.4, -0.2) is 47.3 Å². The normalized spacial score (nSPS) is 14.1. The molecule has 0 aliphatic carbocycles. The van der Waals surface area contributed by atoms with Crippen LogP contribution in [0.2, 0.25) is 0 Å². The molecule has 0 unspecified atom stereocenters. The fourth-order valence-electron chi connectivity index (χ4n) is 3.78. The highest BCUT2D eigenvalue weighted by molar-refractivity contribution is 5.98. The van der Waals surface area contributed by atoms with Gasteiger partial charge in [-0.3, -0.25) is 5.32 Å². The van der Waals surface area contributed by atoms with Crippen LogP contribution < -0.4 is 10.2 Å². The topological polar surface area (TPSA) is 74.5 Å². The largest absolute Gasteiger partial charge is 0.354 e. The van der Waals surface area contributed by atoms with Gasteiger partial charge in [-0.1, -0.05) is 17.3 Å². The molecule has 5 rings (SSSR count). The van der Waals surface area contributed by atoms with E-state index in [9.17, 15) is 13.6 Å². The van der Waals surface area contributed by atoms with E-state index in [1.165, 1.54) is 12.1 Å². The smallest absolute Gasteiger partial charge is 0.323 e. The van der Waals surface area contributed by atoms with Crippen LogP contribution in [0.1, 0.15) is 0 Å². The van der Waals surface area contributed by atoms with Gasteiger partial charge in [0.15, 0.2) is 11.4 Å². The summed E-state index contributed by atoms with van der Waals surface area (Å²) in [5.41, 5.74) is 1.54. The van der Waals surface area contributed by atoms with E-state index >= 15 is 0 Å². The van der Waals surface area contributed by atoms with Crippen molar-refractivity contribution in [2.24, 2.45) is 0 Å². The number of hydrogen-bond donors (Lipinski definition) is 1. The number of hydrogen-bond acceptors (Lipinski definition) is 5. The summed E-state index contributed by atoms with van der Waals surface area (Å²) in [7, 11) is 0. The van der Waals surface area contributed by atoms with E-state index in [-0.39, 0.29) is 6.03 Å². The lowest BCUT2D eigenvalue weighted by Gasteiger charge is -2.35. The third-order valence-corrected chi connectivity index (χ3v) is 5.48. The standard InChI is InChI=1S/C23H19F2N5O2/c24-16-5-6-17(19(25)14-16)15-7-8-26-21(13-15)29-9-11-30(12-10-29)23(31)27-22-18-3-1-2-4-20(18)32-28-22/h1-8,13-14H,9-12H2,(H,27,28,31). The molecule has 0 spiro atoms. The van der Waals surface area contributed by atoms with Gasteiger partial charge in [-0.15, -0.1) is 0 Å².